The molecule has 0 bridgehead atoms. The van der Waals surface area contributed by atoms with Gasteiger partial charge in [0.15, 0.2) is 0 Å². The largest absolute Gasteiger partial charge is 0.461 e. The fourth-order valence-electron chi connectivity index (χ4n) is 4.03. The predicted octanol–water partition coefficient (Wildman–Crippen LogP) is 4.79. The van der Waals surface area contributed by atoms with Crippen LogP contribution in [0.2, 0.25) is 0 Å². The summed E-state index contributed by atoms with van der Waals surface area (Å²) in [5.41, 5.74) is 0.323. The third kappa shape index (κ3) is 7.76. The topological polar surface area (TPSA) is 73.9 Å². The number of amides is 1. The molecule has 0 radical (unpaired) electrons. The third-order valence-electron chi connectivity index (χ3n) is 5.97. The molecule has 0 aromatic heterocycles. The number of hydrogen-bond acceptors (Lipinski definition) is 5. The van der Waals surface area contributed by atoms with Crippen molar-refractivity contribution in [3.63, 3.8) is 0 Å². The van der Waals surface area contributed by atoms with Crippen LogP contribution >= 0.6 is 0 Å². The molecule has 4 unspecified atom stereocenters. The molecule has 1 N–H and O–H groups in total. The Morgan fingerprint density at radius 2 is 1.84 bits per heavy atom. The first-order valence-corrected chi connectivity index (χ1v) is 11.7. The minimum atomic E-state index is -0.763. The van der Waals surface area contributed by atoms with Crippen molar-refractivity contribution in [3.05, 3.63) is 35.6 Å². The molecule has 1 amide bonds. The number of hydrogen-bond donors (Lipinski definition) is 1. The molecule has 2 fully saturated rings. The molecular formula is C25H36FNO5. The van der Waals surface area contributed by atoms with Gasteiger partial charge in [-0.1, -0.05) is 12.1 Å². The number of nitrogens with one attached hydrogen (secondary N) is 1. The molecular weight excluding hydrogens is 413 g/mol. The average Bonchev–Trinajstić information content (AvgIpc) is 3.51. The summed E-state index contributed by atoms with van der Waals surface area (Å²) in [5, 5.41) is 2.67. The molecule has 3 rings (SSSR count). The number of benzene rings is 1. The summed E-state index contributed by atoms with van der Waals surface area (Å²) in [6.45, 7) is 7.91. The van der Waals surface area contributed by atoms with Crippen LogP contribution in [0.15, 0.2) is 24.3 Å². The van der Waals surface area contributed by atoms with Crippen LogP contribution in [0.4, 0.5) is 9.18 Å². The van der Waals surface area contributed by atoms with Crippen molar-refractivity contribution < 1.29 is 28.2 Å². The summed E-state index contributed by atoms with van der Waals surface area (Å²) >= 11 is 0. The molecule has 0 spiro atoms. The van der Waals surface area contributed by atoms with Gasteiger partial charge in [0, 0.05) is 12.5 Å². The number of cyclic esters (lactones) is 1. The molecule has 1 aromatic rings. The first-order valence-electron chi connectivity index (χ1n) is 11.7. The highest BCUT2D eigenvalue weighted by Crippen LogP contribution is 2.33. The van der Waals surface area contributed by atoms with Gasteiger partial charge in [0.05, 0.1) is 6.10 Å². The zero-order chi connectivity index (χ0) is 23.3. The van der Waals surface area contributed by atoms with Crippen molar-refractivity contribution in [2.24, 2.45) is 11.8 Å². The Morgan fingerprint density at radius 3 is 2.47 bits per heavy atom. The van der Waals surface area contributed by atoms with E-state index in [-0.39, 0.29) is 17.8 Å². The number of esters is 1. The van der Waals surface area contributed by atoms with Crippen LogP contribution in [0.25, 0.3) is 0 Å². The molecule has 32 heavy (non-hydrogen) atoms. The van der Waals surface area contributed by atoms with Gasteiger partial charge >= 0.3 is 12.1 Å². The van der Waals surface area contributed by atoms with Crippen LogP contribution in [0.1, 0.15) is 65.4 Å². The highest BCUT2D eigenvalue weighted by atomic mass is 19.1. The van der Waals surface area contributed by atoms with Gasteiger partial charge in [-0.15, -0.1) is 0 Å². The van der Waals surface area contributed by atoms with Crippen LogP contribution in [0.5, 0.6) is 0 Å². The van der Waals surface area contributed by atoms with Gasteiger partial charge in [0.25, 0.3) is 0 Å². The molecule has 4 atom stereocenters. The van der Waals surface area contributed by atoms with Crippen LogP contribution in [-0.4, -0.2) is 42.5 Å². The Balaban J connectivity index is 1.72. The normalized spacial score (nSPS) is 27.0. The summed E-state index contributed by atoms with van der Waals surface area (Å²) in [7, 11) is 0. The summed E-state index contributed by atoms with van der Waals surface area (Å²) in [6, 6.07) is 5.66. The van der Waals surface area contributed by atoms with Crippen LogP contribution < -0.4 is 5.32 Å². The second-order valence-corrected chi connectivity index (χ2v) is 10.1. The van der Waals surface area contributed by atoms with Crippen molar-refractivity contribution in [2.45, 2.75) is 90.1 Å². The molecule has 1 aliphatic carbocycles. The molecule has 2 aliphatic rings. The van der Waals surface area contributed by atoms with Crippen LogP contribution in [0, 0.1) is 17.7 Å². The maximum atomic E-state index is 13.4. The molecule has 1 aliphatic heterocycles. The lowest BCUT2D eigenvalue weighted by Crippen LogP contribution is -2.45. The van der Waals surface area contributed by atoms with Gasteiger partial charge in [-0.3, -0.25) is 0 Å². The smallest absolute Gasteiger partial charge is 0.408 e. The Labute approximate surface area is 190 Å². The summed E-state index contributed by atoms with van der Waals surface area (Å²) in [5.74, 6) is -0.187. The number of ether oxygens (including phenoxy) is 3. The molecule has 1 saturated carbocycles. The Kier molecular flexibility index (Phi) is 8.15. The van der Waals surface area contributed by atoms with E-state index in [0.29, 0.717) is 31.8 Å². The summed E-state index contributed by atoms with van der Waals surface area (Å²) < 4.78 is 30.8. The van der Waals surface area contributed by atoms with Gasteiger partial charge in [-0.25, -0.2) is 14.0 Å². The van der Waals surface area contributed by atoms with E-state index in [4.69, 9.17) is 14.2 Å². The van der Waals surface area contributed by atoms with Gasteiger partial charge < -0.3 is 19.5 Å². The average molecular weight is 450 g/mol. The van der Waals surface area contributed by atoms with Gasteiger partial charge in [-0.05, 0) is 89.8 Å². The Hall–Kier alpha value is -2.15. The summed E-state index contributed by atoms with van der Waals surface area (Å²) in [6.07, 6.45) is 3.80. The minimum absolute atomic E-state index is 0.0663. The highest BCUT2D eigenvalue weighted by molar-refractivity contribution is 5.81. The molecule has 7 heteroatoms. The van der Waals surface area contributed by atoms with Crippen molar-refractivity contribution in [1.29, 1.82) is 0 Å². The number of halogens is 1. The first-order chi connectivity index (χ1) is 15.1. The van der Waals surface area contributed by atoms with Gasteiger partial charge in [0.2, 0.25) is 0 Å². The minimum Gasteiger partial charge on any atom is -0.461 e. The zero-order valence-electron chi connectivity index (χ0n) is 19.6. The molecule has 1 aromatic carbocycles. The molecule has 1 heterocycles. The number of carbonyl (C=O) groups excluding carboxylic acids is 2. The number of carbonyl (C=O) groups is 2. The quantitative estimate of drug-likeness (QED) is 0.632. The maximum Gasteiger partial charge on any atom is 0.408 e. The second-order valence-electron chi connectivity index (χ2n) is 10.1. The molecule has 6 nitrogen and oxygen atoms in total. The van der Waals surface area contributed by atoms with E-state index < -0.39 is 29.8 Å². The second kappa shape index (κ2) is 10.6. The van der Waals surface area contributed by atoms with E-state index in [9.17, 15) is 14.0 Å². The van der Waals surface area contributed by atoms with Gasteiger partial charge in [0.1, 0.15) is 23.6 Å². The Bertz CT molecular complexity index is 772. The van der Waals surface area contributed by atoms with Crippen LogP contribution in [0.3, 0.4) is 0 Å². The first kappa shape index (κ1) is 24.5. The lowest BCUT2D eigenvalue weighted by Gasteiger charge is -2.31. The third-order valence-corrected chi connectivity index (χ3v) is 5.97. The van der Waals surface area contributed by atoms with Crippen molar-refractivity contribution >= 4 is 12.1 Å². The van der Waals surface area contributed by atoms with E-state index >= 15 is 0 Å². The molecule has 178 valence electrons. The van der Waals surface area contributed by atoms with E-state index in [1.54, 1.807) is 32.9 Å². The van der Waals surface area contributed by atoms with Crippen molar-refractivity contribution in [3.8, 4) is 0 Å². The van der Waals surface area contributed by atoms with Crippen LogP contribution in [-0.2, 0) is 25.4 Å². The van der Waals surface area contributed by atoms with E-state index in [1.807, 2.05) is 6.92 Å². The summed E-state index contributed by atoms with van der Waals surface area (Å²) in [4.78, 5) is 25.1. The fourth-order valence-corrected chi connectivity index (χ4v) is 4.03. The predicted molar refractivity (Wildman–Crippen MR) is 119 cm³/mol. The Morgan fingerprint density at radius 1 is 1.16 bits per heavy atom. The van der Waals surface area contributed by atoms with Gasteiger partial charge in [-0.2, -0.15) is 0 Å². The molecule has 1 saturated heterocycles. The van der Waals surface area contributed by atoms with Crippen molar-refractivity contribution in [1.82, 2.24) is 5.32 Å². The lowest BCUT2D eigenvalue weighted by atomic mass is 9.87. The van der Waals surface area contributed by atoms with Crippen molar-refractivity contribution in [2.75, 3.05) is 6.61 Å². The highest BCUT2D eigenvalue weighted by Gasteiger charge is 2.36. The maximum absolute atomic E-state index is 13.4. The van der Waals surface area contributed by atoms with E-state index in [1.165, 1.54) is 25.0 Å². The lowest BCUT2D eigenvalue weighted by molar-refractivity contribution is -0.156. The fraction of sp³-hybridized carbons (Fsp3) is 0.680. The van der Waals surface area contributed by atoms with E-state index in [2.05, 4.69) is 5.32 Å². The van der Waals surface area contributed by atoms with E-state index in [0.717, 1.165) is 12.0 Å². The zero-order valence-corrected chi connectivity index (χ0v) is 19.6. The standard InChI is InChI=1S/C25H36FNO5/c1-16-20(14-17-10-12-19(26)13-11-17)22(30-15-18-8-9-18)7-5-6-21(23(28)31-16)27-24(29)32-25(2,3)4/h10-13,16,18,20-22H,5-9,14-15H2,1-4H3,(H,27,29). The SMILES string of the molecule is CC1OC(=O)C(NC(=O)OC(C)(C)C)CCCC(OCC2CC2)C1Cc1ccc(F)cc1. The number of rotatable bonds is 6. The number of alkyl carbamates (subject to hydrolysis) is 1. The monoisotopic (exact) mass is 449 g/mol.